The van der Waals surface area contributed by atoms with Gasteiger partial charge in [0.15, 0.2) is 0 Å². The van der Waals surface area contributed by atoms with Crippen molar-refractivity contribution in [3.05, 3.63) is 17.5 Å². The number of urea groups is 1. The molecule has 3 N–H and O–H groups in total. The van der Waals surface area contributed by atoms with Gasteiger partial charge in [0.2, 0.25) is 0 Å². The summed E-state index contributed by atoms with van der Waals surface area (Å²) in [5.41, 5.74) is 2.14. The lowest BCUT2D eigenvalue weighted by Gasteiger charge is -2.12. The van der Waals surface area contributed by atoms with Crippen molar-refractivity contribution in [2.45, 2.75) is 57.8 Å². The highest BCUT2D eigenvalue weighted by molar-refractivity contribution is 5.74. The zero-order valence-electron chi connectivity index (χ0n) is 11.8. The minimum absolute atomic E-state index is 0.0711. The van der Waals surface area contributed by atoms with E-state index in [2.05, 4.69) is 27.1 Å². The summed E-state index contributed by atoms with van der Waals surface area (Å²) in [6.07, 6.45) is 5.77. The fourth-order valence-electron chi connectivity index (χ4n) is 2.98. The highest BCUT2D eigenvalue weighted by Gasteiger charge is 2.17. The van der Waals surface area contributed by atoms with Crippen LogP contribution in [0.25, 0.3) is 0 Å². The van der Waals surface area contributed by atoms with Gasteiger partial charge >= 0.3 is 6.03 Å². The van der Waals surface area contributed by atoms with E-state index in [1.165, 1.54) is 18.5 Å². The molecule has 6 heteroatoms. The van der Waals surface area contributed by atoms with Crippen LogP contribution in [0.2, 0.25) is 0 Å². The maximum Gasteiger partial charge on any atom is 0.315 e. The first kappa shape index (κ1) is 13.4. The molecule has 1 aromatic rings. The molecule has 0 radical (unpaired) electrons. The molecule has 0 bridgehead atoms. The van der Waals surface area contributed by atoms with Crippen molar-refractivity contribution in [1.82, 2.24) is 25.7 Å². The predicted octanol–water partition coefficient (Wildman–Crippen LogP) is 1.12. The maximum absolute atomic E-state index is 11.8. The van der Waals surface area contributed by atoms with Gasteiger partial charge in [-0.25, -0.2) is 4.79 Å². The Morgan fingerprint density at radius 1 is 1.40 bits per heavy atom. The van der Waals surface area contributed by atoms with Gasteiger partial charge in [-0.1, -0.05) is 12.8 Å². The molecule has 0 atom stereocenters. The Kier molecular flexibility index (Phi) is 4.20. The Morgan fingerprint density at radius 2 is 2.25 bits per heavy atom. The highest BCUT2D eigenvalue weighted by atomic mass is 16.2. The molecule has 2 amide bonds. The van der Waals surface area contributed by atoms with E-state index in [1.807, 2.05) is 4.68 Å². The number of hydrogen-bond donors (Lipinski definition) is 3. The van der Waals surface area contributed by atoms with Gasteiger partial charge in [-0.15, -0.1) is 0 Å². The molecule has 3 rings (SSSR count). The van der Waals surface area contributed by atoms with Gasteiger partial charge in [0.25, 0.3) is 0 Å². The molecule has 0 aromatic carbocycles. The highest BCUT2D eigenvalue weighted by Crippen LogP contribution is 2.17. The quantitative estimate of drug-likeness (QED) is 0.775. The summed E-state index contributed by atoms with van der Waals surface area (Å²) in [4.78, 5) is 11.8. The summed E-state index contributed by atoms with van der Waals surface area (Å²) in [5, 5.41) is 13.8. The molecule has 2 aliphatic rings. The summed E-state index contributed by atoms with van der Waals surface area (Å²) in [5.74, 6) is 0. The Bertz CT molecular complexity index is 441. The van der Waals surface area contributed by atoms with Crippen LogP contribution >= 0.6 is 0 Å². The normalized spacial score (nSPS) is 19.4. The molecule has 1 aliphatic carbocycles. The predicted molar refractivity (Wildman–Crippen MR) is 76.2 cm³/mol. The zero-order chi connectivity index (χ0) is 13.8. The van der Waals surface area contributed by atoms with Crippen LogP contribution in [0.3, 0.4) is 0 Å². The molecule has 1 aliphatic heterocycles. The fourth-order valence-corrected chi connectivity index (χ4v) is 2.98. The molecule has 0 unspecified atom stereocenters. The number of rotatable bonds is 3. The number of fused-ring (bicyclic) bond motifs is 1. The lowest BCUT2D eigenvalue weighted by atomic mass is 10.2. The van der Waals surface area contributed by atoms with Crippen LogP contribution in [0.1, 0.15) is 43.5 Å². The van der Waals surface area contributed by atoms with E-state index >= 15 is 0 Å². The van der Waals surface area contributed by atoms with Gasteiger partial charge in [-0.3, -0.25) is 4.68 Å². The smallest absolute Gasteiger partial charge is 0.315 e. The number of carbonyl (C=O) groups excluding carboxylic acids is 1. The van der Waals surface area contributed by atoms with Crippen LogP contribution in [-0.4, -0.2) is 28.4 Å². The second-order valence-electron chi connectivity index (χ2n) is 5.69. The van der Waals surface area contributed by atoms with E-state index in [4.69, 9.17) is 0 Å². The number of aromatic nitrogens is 2. The Hall–Kier alpha value is -1.56. The van der Waals surface area contributed by atoms with Crippen molar-refractivity contribution in [3.63, 3.8) is 0 Å². The molecule has 6 nitrogen and oxygen atoms in total. The SMILES string of the molecule is O=C(NCc1cc2n(n1)CCCNC2)NC1CCCC1. The Balaban J connectivity index is 1.49. The summed E-state index contributed by atoms with van der Waals surface area (Å²) < 4.78 is 2.05. The van der Waals surface area contributed by atoms with Crippen LogP contribution in [0.5, 0.6) is 0 Å². The Morgan fingerprint density at radius 3 is 3.10 bits per heavy atom. The number of amides is 2. The monoisotopic (exact) mass is 277 g/mol. The van der Waals surface area contributed by atoms with E-state index in [-0.39, 0.29) is 6.03 Å². The van der Waals surface area contributed by atoms with Crippen molar-refractivity contribution in [3.8, 4) is 0 Å². The second-order valence-corrected chi connectivity index (χ2v) is 5.69. The largest absolute Gasteiger partial charge is 0.335 e. The number of hydrogen-bond acceptors (Lipinski definition) is 3. The maximum atomic E-state index is 11.8. The molecular formula is C14H23N5O. The van der Waals surface area contributed by atoms with Gasteiger partial charge in [-0.05, 0) is 31.9 Å². The first-order valence-corrected chi connectivity index (χ1v) is 7.62. The standard InChI is InChI=1S/C14H23N5O/c20-14(17-11-4-1-2-5-11)16-9-12-8-13-10-15-6-3-7-19(13)18-12/h8,11,15H,1-7,9-10H2,(H2,16,17,20). The summed E-state index contributed by atoms with van der Waals surface area (Å²) in [7, 11) is 0. The van der Waals surface area contributed by atoms with Crippen LogP contribution in [0.4, 0.5) is 4.79 Å². The van der Waals surface area contributed by atoms with Crippen LogP contribution in [-0.2, 0) is 19.6 Å². The summed E-state index contributed by atoms with van der Waals surface area (Å²) >= 11 is 0. The van der Waals surface area contributed by atoms with E-state index in [9.17, 15) is 4.79 Å². The molecule has 110 valence electrons. The van der Waals surface area contributed by atoms with Crippen molar-refractivity contribution >= 4 is 6.03 Å². The molecule has 20 heavy (non-hydrogen) atoms. The van der Waals surface area contributed by atoms with Gasteiger partial charge in [0.05, 0.1) is 17.9 Å². The Labute approximate surface area is 119 Å². The molecule has 0 saturated heterocycles. The van der Waals surface area contributed by atoms with Crippen molar-refractivity contribution in [1.29, 1.82) is 0 Å². The van der Waals surface area contributed by atoms with Crippen molar-refractivity contribution in [2.75, 3.05) is 6.54 Å². The van der Waals surface area contributed by atoms with Gasteiger partial charge in [-0.2, -0.15) is 5.10 Å². The van der Waals surface area contributed by atoms with Gasteiger partial charge in [0.1, 0.15) is 0 Å². The van der Waals surface area contributed by atoms with Crippen molar-refractivity contribution in [2.24, 2.45) is 0 Å². The number of carbonyl (C=O) groups is 1. The molecule has 1 saturated carbocycles. The van der Waals surface area contributed by atoms with Crippen LogP contribution < -0.4 is 16.0 Å². The summed E-state index contributed by atoms with van der Waals surface area (Å²) in [6, 6.07) is 2.37. The van der Waals surface area contributed by atoms with Crippen LogP contribution in [0.15, 0.2) is 6.07 Å². The number of nitrogens with one attached hydrogen (secondary N) is 3. The lowest BCUT2D eigenvalue weighted by molar-refractivity contribution is 0.236. The average Bonchev–Trinajstić information content (AvgIpc) is 3.02. The molecule has 1 fully saturated rings. The van der Waals surface area contributed by atoms with Gasteiger partial charge in [0, 0.05) is 19.1 Å². The molecule has 1 aromatic heterocycles. The molecule has 0 spiro atoms. The van der Waals surface area contributed by atoms with Crippen molar-refractivity contribution < 1.29 is 4.79 Å². The zero-order valence-corrected chi connectivity index (χ0v) is 11.8. The van der Waals surface area contributed by atoms with E-state index in [0.29, 0.717) is 12.6 Å². The summed E-state index contributed by atoms with van der Waals surface area (Å²) in [6.45, 7) is 3.36. The topological polar surface area (TPSA) is 71.0 Å². The third-order valence-electron chi connectivity index (χ3n) is 4.06. The van der Waals surface area contributed by atoms with E-state index in [0.717, 1.165) is 44.6 Å². The minimum Gasteiger partial charge on any atom is -0.335 e. The molecular weight excluding hydrogens is 254 g/mol. The molecule has 2 heterocycles. The second kappa shape index (κ2) is 6.26. The van der Waals surface area contributed by atoms with Gasteiger partial charge < -0.3 is 16.0 Å². The average molecular weight is 277 g/mol. The third-order valence-corrected chi connectivity index (χ3v) is 4.06. The fraction of sp³-hybridized carbons (Fsp3) is 0.714. The minimum atomic E-state index is -0.0711. The first-order valence-electron chi connectivity index (χ1n) is 7.62. The number of aryl methyl sites for hydroxylation is 1. The van der Waals surface area contributed by atoms with Crippen LogP contribution in [0, 0.1) is 0 Å². The third kappa shape index (κ3) is 3.30. The van der Waals surface area contributed by atoms with E-state index < -0.39 is 0 Å². The first-order chi connectivity index (χ1) is 9.81. The van der Waals surface area contributed by atoms with E-state index in [1.54, 1.807) is 0 Å². The number of nitrogens with zero attached hydrogens (tertiary/aromatic N) is 2. The lowest BCUT2D eigenvalue weighted by Crippen LogP contribution is -2.40.